The Labute approximate surface area is 132 Å². The Morgan fingerprint density at radius 2 is 2.09 bits per heavy atom. The summed E-state index contributed by atoms with van der Waals surface area (Å²) in [5.74, 6) is 0.906. The van der Waals surface area contributed by atoms with E-state index in [-0.39, 0.29) is 5.91 Å². The Balaban J connectivity index is 1.72. The molecule has 0 spiro atoms. The van der Waals surface area contributed by atoms with Gasteiger partial charge >= 0.3 is 0 Å². The minimum Gasteiger partial charge on any atom is -0.337 e. The maximum Gasteiger partial charge on any atom is 0.272 e. The molecule has 112 valence electrons. The van der Waals surface area contributed by atoms with Gasteiger partial charge in [0.15, 0.2) is 0 Å². The fourth-order valence-corrected chi connectivity index (χ4v) is 3.95. The molecule has 6 heteroatoms. The highest BCUT2D eigenvalue weighted by atomic mass is 32.1. The lowest BCUT2D eigenvalue weighted by atomic mass is 10.3. The predicted octanol–water partition coefficient (Wildman–Crippen LogP) is 2.93. The first kappa shape index (κ1) is 13.5. The molecular weight excluding hydrogens is 296 g/mol. The molecule has 3 aromatic heterocycles. The minimum absolute atomic E-state index is 0.0815. The van der Waals surface area contributed by atoms with Crippen LogP contribution >= 0.6 is 11.3 Å². The Morgan fingerprint density at radius 3 is 2.86 bits per heavy atom. The molecule has 0 aliphatic carbocycles. The summed E-state index contributed by atoms with van der Waals surface area (Å²) in [5, 5.41) is 0. The molecule has 4 heterocycles. The molecular formula is C16H16N4OS. The third-order valence-electron chi connectivity index (χ3n) is 4.11. The van der Waals surface area contributed by atoms with Crippen LogP contribution in [0.3, 0.4) is 0 Å². The average Bonchev–Trinajstić information content (AvgIpc) is 3.25. The highest BCUT2D eigenvalue weighted by Gasteiger charge is 2.23. The van der Waals surface area contributed by atoms with E-state index >= 15 is 0 Å². The van der Waals surface area contributed by atoms with Crippen molar-refractivity contribution in [2.75, 3.05) is 13.1 Å². The number of hydrogen-bond acceptors (Lipinski definition) is 4. The number of amides is 1. The predicted molar refractivity (Wildman–Crippen MR) is 87.0 cm³/mol. The van der Waals surface area contributed by atoms with Crippen molar-refractivity contribution in [3.8, 4) is 10.7 Å². The van der Waals surface area contributed by atoms with E-state index in [1.807, 2.05) is 28.6 Å². The number of carbonyl (C=O) groups excluding carboxylic acids is 1. The Bertz CT molecular complexity index is 812. The van der Waals surface area contributed by atoms with Crippen molar-refractivity contribution in [2.24, 2.45) is 7.05 Å². The monoisotopic (exact) mass is 312 g/mol. The molecule has 1 amide bonds. The summed E-state index contributed by atoms with van der Waals surface area (Å²) in [6.07, 6.45) is 5.67. The molecule has 0 aromatic carbocycles. The first-order chi connectivity index (χ1) is 10.7. The van der Waals surface area contributed by atoms with Gasteiger partial charge in [-0.25, -0.2) is 4.98 Å². The average molecular weight is 312 g/mol. The molecule has 1 saturated heterocycles. The van der Waals surface area contributed by atoms with Gasteiger partial charge in [0.1, 0.15) is 11.5 Å². The molecule has 4 rings (SSSR count). The summed E-state index contributed by atoms with van der Waals surface area (Å²) in [5.41, 5.74) is 1.63. The van der Waals surface area contributed by atoms with Crippen LogP contribution in [0.5, 0.6) is 0 Å². The normalized spacial score (nSPS) is 14.9. The van der Waals surface area contributed by atoms with Crippen LogP contribution in [0.1, 0.15) is 23.3 Å². The maximum atomic E-state index is 12.5. The van der Waals surface area contributed by atoms with Crippen molar-refractivity contribution in [3.63, 3.8) is 0 Å². The van der Waals surface area contributed by atoms with Gasteiger partial charge in [0, 0.05) is 26.3 Å². The summed E-state index contributed by atoms with van der Waals surface area (Å²) in [6, 6.07) is 6.02. The van der Waals surface area contributed by atoms with Gasteiger partial charge in [-0.3, -0.25) is 9.78 Å². The number of aromatic nitrogens is 3. The highest BCUT2D eigenvalue weighted by Crippen LogP contribution is 2.31. The number of carbonyl (C=O) groups is 1. The van der Waals surface area contributed by atoms with Crippen LogP contribution in [-0.2, 0) is 7.05 Å². The SMILES string of the molecule is Cn1c(C(=O)N2CCCC2)cnc1-c1cc2ncccc2s1. The molecule has 0 saturated carbocycles. The van der Waals surface area contributed by atoms with Crippen LogP contribution in [0.2, 0.25) is 0 Å². The fourth-order valence-electron chi connectivity index (χ4n) is 2.90. The molecule has 1 fully saturated rings. The minimum atomic E-state index is 0.0815. The van der Waals surface area contributed by atoms with Crippen molar-refractivity contribution < 1.29 is 4.79 Å². The molecule has 1 aliphatic heterocycles. The lowest BCUT2D eigenvalue weighted by Crippen LogP contribution is -2.29. The van der Waals surface area contributed by atoms with E-state index < -0.39 is 0 Å². The second-order valence-corrected chi connectivity index (χ2v) is 6.61. The second-order valence-electron chi connectivity index (χ2n) is 5.52. The summed E-state index contributed by atoms with van der Waals surface area (Å²) in [7, 11) is 1.91. The van der Waals surface area contributed by atoms with Crippen LogP contribution in [0.25, 0.3) is 20.9 Å². The molecule has 3 aromatic rings. The summed E-state index contributed by atoms with van der Waals surface area (Å²) in [6.45, 7) is 1.71. The van der Waals surface area contributed by atoms with Crippen molar-refractivity contribution in [1.29, 1.82) is 0 Å². The van der Waals surface area contributed by atoms with E-state index in [1.165, 1.54) is 0 Å². The zero-order valence-corrected chi connectivity index (χ0v) is 13.1. The fraction of sp³-hybridized carbons (Fsp3) is 0.312. The van der Waals surface area contributed by atoms with Crippen molar-refractivity contribution >= 4 is 27.5 Å². The smallest absolute Gasteiger partial charge is 0.272 e. The summed E-state index contributed by atoms with van der Waals surface area (Å²) >= 11 is 1.65. The third kappa shape index (κ3) is 2.11. The third-order valence-corrected chi connectivity index (χ3v) is 5.19. The number of hydrogen-bond donors (Lipinski definition) is 0. The van der Waals surface area contributed by atoms with Crippen molar-refractivity contribution in [3.05, 3.63) is 36.3 Å². The van der Waals surface area contributed by atoms with Gasteiger partial charge in [0.05, 0.1) is 21.3 Å². The van der Waals surface area contributed by atoms with E-state index in [4.69, 9.17) is 0 Å². The molecule has 0 unspecified atom stereocenters. The highest BCUT2D eigenvalue weighted by molar-refractivity contribution is 7.22. The lowest BCUT2D eigenvalue weighted by molar-refractivity contribution is 0.0783. The Kier molecular flexibility index (Phi) is 3.18. The number of rotatable bonds is 2. The van der Waals surface area contributed by atoms with Crippen LogP contribution in [0.4, 0.5) is 0 Å². The zero-order valence-electron chi connectivity index (χ0n) is 12.3. The van der Waals surface area contributed by atoms with Crippen molar-refractivity contribution in [2.45, 2.75) is 12.8 Å². The number of fused-ring (bicyclic) bond motifs is 1. The first-order valence-electron chi connectivity index (χ1n) is 7.40. The topological polar surface area (TPSA) is 51.0 Å². The number of pyridine rings is 1. The molecule has 0 atom stereocenters. The Hall–Kier alpha value is -2.21. The second kappa shape index (κ2) is 5.21. The standard InChI is InChI=1S/C16H16N4OS/c1-19-12(16(21)20-7-2-3-8-20)10-18-15(19)14-9-11-13(22-14)5-4-6-17-11/h4-6,9-10H,2-3,7-8H2,1H3. The zero-order chi connectivity index (χ0) is 15.1. The van der Waals surface area contributed by atoms with Crippen molar-refractivity contribution in [1.82, 2.24) is 19.4 Å². The van der Waals surface area contributed by atoms with Gasteiger partial charge in [0.25, 0.3) is 5.91 Å². The number of imidazole rings is 1. The van der Waals surface area contributed by atoms with Crippen LogP contribution < -0.4 is 0 Å². The summed E-state index contributed by atoms with van der Waals surface area (Å²) in [4.78, 5) is 24.3. The van der Waals surface area contributed by atoms with Crippen LogP contribution in [0.15, 0.2) is 30.6 Å². The van der Waals surface area contributed by atoms with Gasteiger partial charge in [-0.15, -0.1) is 11.3 Å². The van der Waals surface area contributed by atoms with E-state index in [2.05, 4.69) is 16.0 Å². The number of thiophene rings is 1. The number of nitrogens with zero attached hydrogens (tertiary/aromatic N) is 4. The molecule has 0 bridgehead atoms. The van der Waals surface area contributed by atoms with E-state index in [0.29, 0.717) is 5.69 Å². The number of likely N-dealkylation sites (tertiary alicyclic amines) is 1. The van der Waals surface area contributed by atoms with Crippen LogP contribution in [-0.4, -0.2) is 38.4 Å². The molecule has 5 nitrogen and oxygen atoms in total. The first-order valence-corrected chi connectivity index (χ1v) is 8.21. The van der Waals surface area contributed by atoms with E-state index in [1.54, 1.807) is 23.7 Å². The molecule has 0 N–H and O–H groups in total. The summed E-state index contributed by atoms with van der Waals surface area (Å²) < 4.78 is 3.03. The molecule has 22 heavy (non-hydrogen) atoms. The van der Waals surface area contributed by atoms with Crippen LogP contribution in [0, 0.1) is 0 Å². The maximum absolute atomic E-state index is 12.5. The molecule has 1 aliphatic rings. The lowest BCUT2D eigenvalue weighted by Gasteiger charge is -2.15. The molecule has 0 radical (unpaired) electrons. The largest absolute Gasteiger partial charge is 0.337 e. The van der Waals surface area contributed by atoms with Gasteiger partial charge in [0.2, 0.25) is 0 Å². The van der Waals surface area contributed by atoms with E-state index in [9.17, 15) is 4.79 Å². The van der Waals surface area contributed by atoms with Gasteiger partial charge in [-0.2, -0.15) is 0 Å². The Morgan fingerprint density at radius 1 is 1.27 bits per heavy atom. The van der Waals surface area contributed by atoms with E-state index in [0.717, 1.165) is 46.8 Å². The quantitative estimate of drug-likeness (QED) is 0.731. The van der Waals surface area contributed by atoms with Gasteiger partial charge < -0.3 is 9.47 Å². The van der Waals surface area contributed by atoms with Gasteiger partial charge in [-0.05, 0) is 31.0 Å². The van der Waals surface area contributed by atoms with Gasteiger partial charge in [-0.1, -0.05) is 0 Å².